The first-order valence-electron chi connectivity index (χ1n) is 8.88. The van der Waals surface area contributed by atoms with E-state index < -0.39 is 0 Å². The fourth-order valence-electron chi connectivity index (χ4n) is 2.68. The molecule has 0 aromatic carbocycles. The Kier molecular flexibility index (Phi) is 11.2. The van der Waals surface area contributed by atoms with Crippen molar-refractivity contribution in [2.75, 3.05) is 40.5 Å². The lowest BCUT2D eigenvalue weighted by Crippen LogP contribution is -2.47. The molecule has 3 N–H and O–H groups in total. The molecule has 1 atom stereocenters. The average Bonchev–Trinajstić information content (AvgIpc) is 3.02. The van der Waals surface area contributed by atoms with Crippen LogP contribution >= 0.6 is 24.0 Å². The van der Waals surface area contributed by atoms with E-state index in [-0.39, 0.29) is 42.5 Å². The summed E-state index contributed by atoms with van der Waals surface area (Å²) in [6.07, 6.45) is 1.76. The Labute approximate surface area is 176 Å². The summed E-state index contributed by atoms with van der Waals surface area (Å²) >= 11 is 0. The lowest BCUT2D eigenvalue weighted by Gasteiger charge is -2.25. The molecule has 1 aromatic heterocycles. The molecule has 154 valence electrons. The fourth-order valence-corrected chi connectivity index (χ4v) is 2.68. The third-order valence-corrected chi connectivity index (χ3v) is 3.87. The quantitative estimate of drug-likeness (QED) is 0.186. The second kappa shape index (κ2) is 12.8. The van der Waals surface area contributed by atoms with Crippen molar-refractivity contribution in [2.24, 2.45) is 4.99 Å². The van der Waals surface area contributed by atoms with E-state index in [2.05, 4.69) is 31.0 Å². The number of halogens is 1. The number of aromatic nitrogens is 3. The second-order valence-corrected chi connectivity index (χ2v) is 5.98. The van der Waals surface area contributed by atoms with Crippen LogP contribution in [0.15, 0.2) is 4.99 Å². The van der Waals surface area contributed by atoms with Crippen molar-refractivity contribution in [1.29, 1.82) is 0 Å². The van der Waals surface area contributed by atoms with Crippen LogP contribution in [0.25, 0.3) is 0 Å². The van der Waals surface area contributed by atoms with Gasteiger partial charge in [0.1, 0.15) is 19.0 Å². The maximum atomic E-state index is 11.8. The van der Waals surface area contributed by atoms with Gasteiger partial charge in [-0.05, 0) is 13.3 Å². The number of fused-ring (bicyclic) bond motifs is 1. The lowest BCUT2D eigenvalue weighted by atomic mass is 10.1. The van der Waals surface area contributed by atoms with Crippen molar-refractivity contribution in [1.82, 2.24) is 30.7 Å². The maximum absolute atomic E-state index is 11.8. The Bertz CT molecular complexity index is 609. The zero-order chi connectivity index (χ0) is 18.8. The number of guanidine groups is 1. The summed E-state index contributed by atoms with van der Waals surface area (Å²) in [5.74, 6) is 2.18. The molecule has 2 heterocycles. The van der Waals surface area contributed by atoms with Gasteiger partial charge in [0.15, 0.2) is 11.8 Å². The second-order valence-electron chi connectivity index (χ2n) is 5.98. The molecule has 1 aliphatic rings. The highest BCUT2D eigenvalue weighted by atomic mass is 127. The molecule has 1 unspecified atom stereocenters. The van der Waals surface area contributed by atoms with Crippen molar-refractivity contribution in [3.05, 3.63) is 11.6 Å². The number of ether oxygens (including phenoxy) is 2. The highest BCUT2D eigenvalue weighted by molar-refractivity contribution is 14.0. The molecule has 1 aromatic rings. The molecule has 0 fully saturated rings. The smallest absolute Gasteiger partial charge is 0.241 e. The van der Waals surface area contributed by atoms with Crippen LogP contribution < -0.4 is 16.0 Å². The third kappa shape index (κ3) is 7.97. The van der Waals surface area contributed by atoms with Crippen LogP contribution in [-0.2, 0) is 33.8 Å². The number of nitrogens with one attached hydrogen (secondary N) is 3. The largest absolute Gasteiger partial charge is 0.383 e. The van der Waals surface area contributed by atoms with Gasteiger partial charge < -0.3 is 25.4 Å². The summed E-state index contributed by atoms with van der Waals surface area (Å²) in [5, 5.41) is 13.8. The van der Waals surface area contributed by atoms with E-state index in [0.717, 1.165) is 25.2 Å². The van der Waals surface area contributed by atoms with Crippen LogP contribution in [0.2, 0.25) is 0 Å². The van der Waals surface area contributed by atoms with Crippen LogP contribution in [0.1, 0.15) is 25.0 Å². The molecular formula is C16H30IN7O3. The number of hydrogen-bond donors (Lipinski definition) is 3. The van der Waals surface area contributed by atoms with Crippen LogP contribution in [0.5, 0.6) is 0 Å². The topological polar surface area (TPSA) is 115 Å². The van der Waals surface area contributed by atoms with Crippen LogP contribution in [0.3, 0.4) is 0 Å². The van der Waals surface area contributed by atoms with Gasteiger partial charge >= 0.3 is 0 Å². The molecule has 0 saturated carbocycles. The number of carbonyl (C=O) groups excluding carboxylic acids is 1. The minimum atomic E-state index is -0.134. The molecule has 0 saturated heterocycles. The number of nitrogens with zero attached hydrogens (tertiary/aromatic N) is 4. The first-order valence-corrected chi connectivity index (χ1v) is 8.88. The van der Waals surface area contributed by atoms with E-state index >= 15 is 0 Å². The molecule has 10 nitrogen and oxygen atoms in total. The lowest BCUT2D eigenvalue weighted by molar-refractivity contribution is -0.119. The van der Waals surface area contributed by atoms with E-state index in [1.54, 1.807) is 14.2 Å². The Hall–Kier alpha value is -1.47. The molecular weight excluding hydrogens is 465 g/mol. The van der Waals surface area contributed by atoms with Gasteiger partial charge in [-0.2, -0.15) is 5.10 Å². The number of amides is 1. The Morgan fingerprint density at radius 2 is 2.15 bits per heavy atom. The molecule has 0 bridgehead atoms. The highest BCUT2D eigenvalue weighted by Crippen LogP contribution is 2.13. The summed E-state index contributed by atoms with van der Waals surface area (Å²) in [7, 11) is 3.23. The summed E-state index contributed by atoms with van der Waals surface area (Å²) in [6.45, 7) is 4.87. The number of aryl methyl sites for hydroxylation is 1. The SMILES string of the molecule is CCNC(=NCC(=O)NCCOC)NC1CCc2nc(COC)nn2C1.I. The zero-order valence-corrected chi connectivity index (χ0v) is 18.5. The van der Waals surface area contributed by atoms with Crippen molar-refractivity contribution in [2.45, 2.75) is 39.0 Å². The first-order chi connectivity index (χ1) is 12.7. The van der Waals surface area contributed by atoms with Crippen molar-refractivity contribution >= 4 is 35.8 Å². The van der Waals surface area contributed by atoms with E-state index in [0.29, 0.717) is 38.1 Å². The normalized spacial score (nSPS) is 16.3. The van der Waals surface area contributed by atoms with Crippen molar-refractivity contribution in [3.63, 3.8) is 0 Å². The van der Waals surface area contributed by atoms with Crippen LogP contribution in [0, 0.1) is 0 Å². The summed E-state index contributed by atoms with van der Waals surface area (Å²) in [4.78, 5) is 20.6. The summed E-state index contributed by atoms with van der Waals surface area (Å²) < 4.78 is 11.9. The Morgan fingerprint density at radius 1 is 1.33 bits per heavy atom. The van der Waals surface area contributed by atoms with Gasteiger partial charge in [0.2, 0.25) is 5.91 Å². The van der Waals surface area contributed by atoms with Gasteiger partial charge in [-0.25, -0.2) is 14.7 Å². The Morgan fingerprint density at radius 3 is 2.85 bits per heavy atom. The number of aliphatic imine (C=N–C) groups is 1. The minimum Gasteiger partial charge on any atom is -0.383 e. The molecule has 0 radical (unpaired) electrons. The van der Waals surface area contributed by atoms with Gasteiger partial charge in [-0.1, -0.05) is 0 Å². The molecule has 0 spiro atoms. The number of rotatable bonds is 9. The van der Waals surface area contributed by atoms with Crippen molar-refractivity contribution < 1.29 is 14.3 Å². The first kappa shape index (κ1) is 23.6. The minimum absolute atomic E-state index is 0. The van der Waals surface area contributed by atoms with Gasteiger partial charge in [-0.15, -0.1) is 24.0 Å². The molecule has 11 heteroatoms. The van der Waals surface area contributed by atoms with Gasteiger partial charge in [0.25, 0.3) is 0 Å². The predicted octanol–water partition coefficient (Wildman–Crippen LogP) is -0.325. The average molecular weight is 495 g/mol. The van der Waals surface area contributed by atoms with Gasteiger partial charge in [0.05, 0.1) is 13.2 Å². The van der Waals surface area contributed by atoms with Gasteiger partial charge in [0, 0.05) is 39.8 Å². The maximum Gasteiger partial charge on any atom is 0.241 e. The van der Waals surface area contributed by atoms with E-state index in [9.17, 15) is 4.79 Å². The number of methoxy groups -OCH3 is 2. The van der Waals surface area contributed by atoms with Gasteiger partial charge in [-0.3, -0.25) is 4.79 Å². The molecule has 2 rings (SSSR count). The number of carbonyl (C=O) groups is 1. The fraction of sp³-hybridized carbons (Fsp3) is 0.750. The Balaban J connectivity index is 0.00000364. The zero-order valence-electron chi connectivity index (χ0n) is 16.2. The molecule has 0 aliphatic carbocycles. The molecule has 1 amide bonds. The van der Waals surface area contributed by atoms with Crippen molar-refractivity contribution in [3.8, 4) is 0 Å². The summed E-state index contributed by atoms with van der Waals surface area (Å²) in [6, 6.07) is 0.175. The standard InChI is InChI=1S/C16H29N7O3.HI/c1-4-17-16(19-9-15(24)18-7-8-25-2)20-12-5-6-14-21-13(11-26-3)22-23(14)10-12;/h12H,4-11H2,1-3H3,(H,18,24)(H2,17,19,20);1H. The number of hydrogen-bond acceptors (Lipinski definition) is 6. The monoisotopic (exact) mass is 495 g/mol. The molecule has 1 aliphatic heterocycles. The van der Waals surface area contributed by atoms with Crippen LogP contribution in [-0.4, -0.2) is 73.1 Å². The summed E-state index contributed by atoms with van der Waals surface area (Å²) in [5.41, 5.74) is 0. The predicted molar refractivity (Wildman–Crippen MR) is 112 cm³/mol. The third-order valence-electron chi connectivity index (χ3n) is 3.87. The highest BCUT2D eigenvalue weighted by Gasteiger charge is 2.22. The van der Waals surface area contributed by atoms with E-state index in [4.69, 9.17) is 9.47 Å². The van der Waals surface area contributed by atoms with E-state index in [1.165, 1.54) is 0 Å². The van der Waals surface area contributed by atoms with E-state index in [1.807, 2.05) is 11.6 Å². The molecule has 27 heavy (non-hydrogen) atoms. The van der Waals surface area contributed by atoms with Crippen LogP contribution in [0.4, 0.5) is 0 Å².